The van der Waals surface area contributed by atoms with Crippen LogP contribution in [0.3, 0.4) is 0 Å². The van der Waals surface area contributed by atoms with Crippen molar-refractivity contribution in [1.82, 2.24) is 0 Å². The molecule has 0 atom stereocenters. The van der Waals surface area contributed by atoms with E-state index < -0.39 is 0 Å². The standard InChI is InChI=1S/C9H18NO2.Cl/c1-8(2)9(11)12-7-6-10(3,4)5;/h1,6-7H2,2-5H3;/q2*+1. The molecule has 0 rings (SSSR count). The van der Waals surface area contributed by atoms with E-state index in [9.17, 15) is 4.79 Å². The van der Waals surface area contributed by atoms with Gasteiger partial charge < -0.3 is 9.22 Å². The summed E-state index contributed by atoms with van der Waals surface area (Å²) in [4.78, 5) is 10.9. The van der Waals surface area contributed by atoms with E-state index >= 15 is 0 Å². The summed E-state index contributed by atoms with van der Waals surface area (Å²) in [5.74, 6) is -0.302. The maximum absolute atomic E-state index is 10.9. The van der Waals surface area contributed by atoms with Gasteiger partial charge >= 0.3 is 18.4 Å². The van der Waals surface area contributed by atoms with Crippen molar-refractivity contribution in [1.29, 1.82) is 0 Å². The summed E-state index contributed by atoms with van der Waals surface area (Å²) < 4.78 is 5.72. The lowest BCUT2D eigenvalue weighted by atomic mass is 10.4. The van der Waals surface area contributed by atoms with Crippen molar-refractivity contribution < 1.29 is 26.4 Å². The normalized spacial score (nSPS) is 10.2. The Morgan fingerprint density at radius 2 is 1.85 bits per heavy atom. The summed E-state index contributed by atoms with van der Waals surface area (Å²) in [7, 11) is 6.15. The lowest BCUT2D eigenvalue weighted by Crippen LogP contribution is -2.38. The molecule has 0 aliphatic heterocycles. The number of carbonyl (C=O) groups excluding carboxylic acids is 1. The summed E-state index contributed by atoms with van der Waals surface area (Å²) in [5.41, 5.74) is 0.455. The maximum Gasteiger partial charge on any atom is 1.00 e. The van der Waals surface area contributed by atoms with Gasteiger partial charge in [-0.25, -0.2) is 4.79 Å². The minimum Gasteiger partial charge on any atom is -0.456 e. The molecule has 0 bridgehead atoms. The van der Waals surface area contributed by atoms with Crippen LogP contribution in [0.15, 0.2) is 12.2 Å². The first-order valence-electron chi connectivity index (χ1n) is 3.96. The molecule has 2 radical (unpaired) electrons. The van der Waals surface area contributed by atoms with E-state index in [0.717, 1.165) is 11.0 Å². The smallest absolute Gasteiger partial charge is 0.456 e. The summed E-state index contributed by atoms with van der Waals surface area (Å²) in [6, 6.07) is 0. The predicted molar refractivity (Wildman–Crippen MR) is 48.7 cm³/mol. The van der Waals surface area contributed by atoms with Gasteiger partial charge in [-0.3, -0.25) is 0 Å². The van der Waals surface area contributed by atoms with E-state index in [4.69, 9.17) is 4.74 Å². The molecule has 0 fully saturated rings. The lowest BCUT2D eigenvalue weighted by molar-refractivity contribution is -0.870. The largest absolute Gasteiger partial charge is 1.00 e. The Morgan fingerprint density at radius 3 is 2.15 bits per heavy atom. The Balaban J connectivity index is 0. The number of quaternary nitrogens is 1. The molecule has 0 amide bonds. The summed E-state index contributed by atoms with van der Waals surface area (Å²) in [6.45, 7) is 6.41. The van der Waals surface area contributed by atoms with Gasteiger partial charge in [0.15, 0.2) is 0 Å². The molecule has 0 unspecified atom stereocenters. The summed E-state index contributed by atoms with van der Waals surface area (Å²) >= 11 is 0. The minimum atomic E-state index is -0.302. The van der Waals surface area contributed by atoms with Crippen LogP contribution >= 0.6 is 0 Å². The quantitative estimate of drug-likeness (QED) is 0.388. The number of hydrogen-bond acceptors (Lipinski definition) is 2. The second kappa shape index (κ2) is 6.00. The fraction of sp³-hybridized carbons (Fsp3) is 0.667. The number of rotatable bonds is 4. The van der Waals surface area contributed by atoms with Crippen LogP contribution in [-0.4, -0.2) is 44.7 Å². The fourth-order valence-corrected chi connectivity index (χ4v) is 0.535. The highest BCUT2D eigenvalue weighted by atomic mass is 35.5. The van der Waals surface area contributed by atoms with E-state index in [1.165, 1.54) is 0 Å². The number of ether oxygens (including phenoxy) is 1. The van der Waals surface area contributed by atoms with Crippen molar-refractivity contribution in [3.63, 3.8) is 0 Å². The van der Waals surface area contributed by atoms with Crippen molar-refractivity contribution in [2.45, 2.75) is 6.92 Å². The van der Waals surface area contributed by atoms with Gasteiger partial charge in [0.05, 0.1) is 21.1 Å². The maximum atomic E-state index is 10.9. The molecule has 0 N–H and O–H groups in total. The van der Waals surface area contributed by atoms with E-state index in [-0.39, 0.29) is 18.4 Å². The van der Waals surface area contributed by atoms with E-state index in [0.29, 0.717) is 12.2 Å². The third-order valence-corrected chi connectivity index (χ3v) is 1.34. The molecule has 3 nitrogen and oxygen atoms in total. The van der Waals surface area contributed by atoms with Gasteiger partial charge in [0.1, 0.15) is 13.2 Å². The first-order chi connectivity index (χ1) is 5.33. The van der Waals surface area contributed by atoms with Crippen molar-refractivity contribution in [3.8, 4) is 0 Å². The average molecular weight is 208 g/mol. The molecular formula is C9H18ClNO2+2. The number of hydrogen-bond donors (Lipinski definition) is 0. The first-order valence-corrected chi connectivity index (χ1v) is 3.96. The van der Waals surface area contributed by atoms with Crippen molar-refractivity contribution >= 4 is 5.97 Å². The van der Waals surface area contributed by atoms with E-state index in [2.05, 4.69) is 27.7 Å². The Kier molecular flexibility index (Phi) is 6.90. The highest BCUT2D eigenvalue weighted by Gasteiger charge is 2.09. The van der Waals surface area contributed by atoms with Gasteiger partial charge in [0, 0.05) is 5.57 Å². The monoisotopic (exact) mass is 207 g/mol. The molecule has 0 aromatic heterocycles. The Labute approximate surface area is 86.4 Å². The molecule has 13 heavy (non-hydrogen) atoms. The molecule has 4 heteroatoms. The van der Waals surface area contributed by atoms with Gasteiger partial charge in [-0.15, -0.1) is 0 Å². The SMILES string of the molecule is C=C(C)C(=O)OCC[N+](C)(C)C.[Cl+]. The van der Waals surface area contributed by atoms with Gasteiger partial charge in [0.25, 0.3) is 0 Å². The Bertz CT molecular complexity index is 185. The average Bonchev–Trinajstić information content (AvgIpc) is 1.84. The zero-order valence-electron chi connectivity index (χ0n) is 8.76. The fourth-order valence-electron chi connectivity index (χ4n) is 0.535. The number of nitrogens with zero attached hydrogens (tertiary/aromatic N) is 1. The molecule has 0 spiro atoms. The third-order valence-electron chi connectivity index (χ3n) is 1.34. The van der Waals surface area contributed by atoms with Crippen molar-refractivity contribution in [3.05, 3.63) is 12.2 Å². The molecule has 0 aromatic rings. The van der Waals surface area contributed by atoms with Crippen LogP contribution < -0.4 is 0 Å². The topological polar surface area (TPSA) is 26.3 Å². The molecule has 0 aliphatic rings. The third kappa shape index (κ3) is 9.37. The zero-order valence-corrected chi connectivity index (χ0v) is 9.52. The summed E-state index contributed by atoms with van der Waals surface area (Å²) in [5, 5.41) is 0. The lowest BCUT2D eigenvalue weighted by Gasteiger charge is -2.23. The summed E-state index contributed by atoms with van der Waals surface area (Å²) in [6.07, 6.45) is 0. The van der Waals surface area contributed by atoms with Crippen molar-refractivity contribution in [2.75, 3.05) is 34.3 Å². The predicted octanol–water partition coefficient (Wildman–Crippen LogP) is 0.812. The second-order valence-corrected chi connectivity index (χ2v) is 3.93. The number of esters is 1. The molecule has 0 saturated heterocycles. The molecule has 0 aromatic carbocycles. The van der Waals surface area contributed by atoms with Crippen LogP contribution in [0.25, 0.3) is 0 Å². The highest BCUT2D eigenvalue weighted by molar-refractivity contribution is 5.86. The number of likely N-dealkylation sites (N-methyl/N-ethyl adjacent to an activating group) is 1. The molecule has 0 saturated carbocycles. The molecule has 0 aliphatic carbocycles. The van der Waals surface area contributed by atoms with Crippen LogP contribution in [-0.2, 0) is 9.53 Å². The zero-order chi connectivity index (χ0) is 9.78. The van der Waals surface area contributed by atoms with Crippen LogP contribution in [0, 0.1) is 12.4 Å². The first kappa shape index (κ1) is 15.0. The van der Waals surface area contributed by atoms with Crippen LogP contribution in [0.4, 0.5) is 0 Å². The molecule has 0 heterocycles. The van der Waals surface area contributed by atoms with Gasteiger partial charge in [-0.1, -0.05) is 6.58 Å². The van der Waals surface area contributed by atoms with Gasteiger partial charge in [-0.05, 0) is 6.92 Å². The van der Waals surface area contributed by atoms with Gasteiger partial charge in [0.2, 0.25) is 0 Å². The van der Waals surface area contributed by atoms with Crippen LogP contribution in [0.5, 0.6) is 0 Å². The number of carbonyl (C=O) groups is 1. The van der Waals surface area contributed by atoms with Crippen LogP contribution in [0.1, 0.15) is 6.92 Å². The van der Waals surface area contributed by atoms with Crippen LogP contribution in [0.2, 0.25) is 0 Å². The van der Waals surface area contributed by atoms with Gasteiger partial charge in [-0.2, -0.15) is 0 Å². The Morgan fingerprint density at radius 1 is 1.38 bits per heavy atom. The van der Waals surface area contributed by atoms with Crippen molar-refractivity contribution in [2.24, 2.45) is 0 Å². The highest BCUT2D eigenvalue weighted by Crippen LogP contribution is 1.94. The Hall–Kier alpha value is -0.540. The van der Waals surface area contributed by atoms with E-state index in [1.807, 2.05) is 0 Å². The second-order valence-electron chi connectivity index (χ2n) is 3.93. The molecular weight excluding hydrogens is 190 g/mol. The molecule has 76 valence electrons. The minimum absolute atomic E-state index is 0. The van der Waals surface area contributed by atoms with E-state index in [1.54, 1.807) is 6.92 Å². The number of halogens is 1.